The Morgan fingerprint density at radius 1 is 1.50 bits per heavy atom. The van der Waals surface area contributed by atoms with Crippen molar-refractivity contribution in [2.75, 3.05) is 6.61 Å². The fourth-order valence-electron chi connectivity index (χ4n) is 1.54. The fourth-order valence-corrected chi connectivity index (χ4v) is 2.42. The van der Waals surface area contributed by atoms with Gasteiger partial charge in [-0.25, -0.2) is 0 Å². The smallest absolute Gasteiger partial charge is 0.120 e. The Morgan fingerprint density at radius 3 is 2.81 bits per heavy atom. The van der Waals surface area contributed by atoms with Crippen LogP contribution in [0, 0.1) is 5.92 Å². The first kappa shape index (κ1) is 11.9. The molecular formula is C12H14BrNOS. The van der Waals surface area contributed by atoms with Crippen molar-refractivity contribution < 1.29 is 4.74 Å². The third-order valence-corrected chi connectivity index (χ3v) is 3.57. The molecule has 1 aliphatic rings. The van der Waals surface area contributed by atoms with Crippen LogP contribution in [0.5, 0.6) is 5.75 Å². The third-order valence-electron chi connectivity index (χ3n) is 2.70. The number of ether oxygens (including phenoxy) is 1. The van der Waals surface area contributed by atoms with E-state index in [1.54, 1.807) is 0 Å². The predicted octanol–water partition coefficient (Wildman–Crippen LogP) is 3.26. The molecule has 1 saturated carbocycles. The van der Waals surface area contributed by atoms with Crippen LogP contribution in [-0.2, 0) is 0 Å². The predicted molar refractivity (Wildman–Crippen MR) is 72.9 cm³/mol. The zero-order chi connectivity index (χ0) is 11.5. The molecule has 0 heterocycles. The van der Waals surface area contributed by atoms with Gasteiger partial charge in [0.2, 0.25) is 0 Å². The van der Waals surface area contributed by atoms with Crippen molar-refractivity contribution in [3.8, 4) is 5.75 Å². The van der Waals surface area contributed by atoms with E-state index in [9.17, 15) is 0 Å². The molecule has 4 heteroatoms. The maximum absolute atomic E-state index is 5.66. The minimum atomic E-state index is 0.399. The van der Waals surface area contributed by atoms with Gasteiger partial charge in [-0.2, -0.15) is 0 Å². The zero-order valence-electron chi connectivity index (χ0n) is 8.91. The highest BCUT2D eigenvalue weighted by Gasteiger charge is 2.20. The van der Waals surface area contributed by atoms with Gasteiger partial charge in [0, 0.05) is 10.0 Å². The van der Waals surface area contributed by atoms with Crippen LogP contribution < -0.4 is 10.5 Å². The van der Waals surface area contributed by atoms with Crippen LogP contribution in [0.2, 0.25) is 0 Å². The van der Waals surface area contributed by atoms with Crippen LogP contribution in [0.15, 0.2) is 22.7 Å². The van der Waals surface area contributed by atoms with E-state index in [1.165, 1.54) is 12.8 Å². The van der Waals surface area contributed by atoms with E-state index in [0.717, 1.165) is 34.7 Å². The molecule has 0 aromatic heterocycles. The number of hydrogen-bond acceptors (Lipinski definition) is 2. The molecule has 0 bridgehead atoms. The summed E-state index contributed by atoms with van der Waals surface area (Å²) in [6.07, 6.45) is 3.90. The van der Waals surface area contributed by atoms with E-state index in [-0.39, 0.29) is 0 Å². The van der Waals surface area contributed by atoms with Gasteiger partial charge in [0.05, 0.1) is 6.61 Å². The monoisotopic (exact) mass is 299 g/mol. The second-order valence-corrected chi connectivity index (χ2v) is 5.38. The zero-order valence-corrected chi connectivity index (χ0v) is 11.3. The Bertz CT molecular complexity index is 404. The van der Waals surface area contributed by atoms with Gasteiger partial charge < -0.3 is 10.5 Å². The second kappa shape index (κ2) is 5.15. The molecule has 0 unspecified atom stereocenters. The third kappa shape index (κ3) is 3.19. The molecule has 1 aliphatic carbocycles. The summed E-state index contributed by atoms with van der Waals surface area (Å²) in [5.41, 5.74) is 6.42. The summed E-state index contributed by atoms with van der Waals surface area (Å²) in [7, 11) is 0. The number of hydrogen-bond donors (Lipinski definition) is 1. The van der Waals surface area contributed by atoms with Crippen LogP contribution in [0.3, 0.4) is 0 Å². The lowest BCUT2D eigenvalue weighted by atomic mass is 10.2. The molecule has 0 spiro atoms. The lowest BCUT2D eigenvalue weighted by Gasteiger charge is -2.08. The molecule has 2 N–H and O–H groups in total. The first-order valence-electron chi connectivity index (χ1n) is 5.39. The molecule has 1 fully saturated rings. The highest BCUT2D eigenvalue weighted by molar-refractivity contribution is 9.10. The van der Waals surface area contributed by atoms with E-state index >= 15 is 0 Å². The Kier molecular flexibility index (Phi) is 3.82. The van der Waals surface area contributed by atoms with E-state index in [0.29, 0.717) is 4.99 Å². The first-order chi connectivity index (χ1) is 7.66. The second-order valence-electron chi connectivity index (χ2n) is 4.09. The normalized spacial score (nSPS) is 14.8. The Hall–Kier alpha value is -0.610. The van der Waals surface area contributed by atoms with Crippen LogP contribution in [-0.4, -0.2) is 11.6 Å². The average molecular weight is 300 g/mol. The van der Waals surface area contributed by atoms with Gasteiger partial charge in [-0.15, -0.1) is 0 Å². The van der Waals surface area contributed by atoms with Crippen molar-refractivity contribution in [3.05, 3.63) is 28.2 Å². The van der Waals surface area contributed by atoms with Crippen molar-refractivity contribution in [1.82, 2.24) is 0 Å². The van der Waals surface area contributed by atoms with Crippen molar-refractivity contribution in [3.63, 3.8) is 0 Å². The van der Waals surface area contributed by atoms with Crippen molar-refractivity contribution in [1.29, 1.82) is 0 Å². The van der Waals surface area contributed by atoms with Crippen LogP contribution >= 0.6 is 28.1 Å². The molecule has 0 aliphatic heterocycles. The first-order valence-corrected chi connectivity index (χ1v) is 6.59. The number of thiocarbonyl (C=S) groups is 1. The minimum absolute atomic E-state index is 0.399. The van der Waals surface area contributed by atoms with Gasteiger partial charge in [0.15, 0.2) is 0 Å². The van der Waals surface area contributed by atoms with Gasteiger partial charge >= 0.3 is 0 Å². The summed E-state index contributed by atoms with van der Waals surface area (Å²) in [5.74, 6) is 1.77. The van der Waals surface area contributed by atoms with E-state index in [4.69, 9.17) is 22.7 Å². The summed E-state index contributed by atoms with van der Waals surface area (Å²) < 4.78 is 6.55. The Morgan fingerprint density at radius 2 is 2.25 bits per heavy atom. The lowest BCUT2D eigenvalue weighted by molar-refractivity contribution is 0.302. The average Bonchev–Trinajstić information content (AvgIpc) is 3.01. The molecule has 2 nitrogen and oxygen atoms in total. The summed E-state index contributed by atoms with van der Waals surface area (Å²) in [5, 5.41) is 0. The Labute approximate surface area is 109 Å². The van der Waals surface area contributed by atoms with E-state index in [2.05, 4.69) is 15.9 Å². The Balaban J connectivity index is 1.93. The van der Waals surface area contributed by atoms with Gasteiger partial charge in [-0.3, -0.25) is 0 Å². The van der Waals surface area contributed by atoms with Gasteiger partial charge in [-0.1, -0.05) is 25.1 Å². The lowest BCUT2D eigenvalue weighted by Crippen LogP contribution is -2.10. The molecule has 0 amide bonds. The molecule has 16 heavy (non-hydrogen) atoms. The minimum Gasteiger partial charge on any atom is -0.494 e. The molecule has 86 valence electrons. The number of rotatable bonds is 5. The summed E-state index contributed by atoms with van der Waals surface area (Å²) in [6.45, 7) is 0.795. The van der Waals surface area contributed by atoms with Crippen molar-refractivity contribution in [2.45, 2.75) is 19.3 Å². The van der Waals surface area contributed by atoms with Crippen LogP contribution in [0.4, 0.5) is 0 Å². The highest BCUT2D eigenvalue weighted by atomic mass is 79.9. The number of halogens is 1. The van der Waals surface area contributed by atoms with Crippen LogP contribution in [0.25, 0.3) is 0 Å². The van der Waals surface area contributed by atoms with Crippen molar-refractivity contribution in [2.24, 2.45) is 11.7 Å². The van der Waals surface area contributed by atoms with Gasteiger partial charge in [-0.05, 0) is 46.5 Å². The topological polar surface area (TPSA) is 35.2 Å². The van der Waals surface area contributed by atoms with E-state index in [1.807, 2.05) is 18.2 Å². The SMILES string of the molecule is NC(=S)c1ccc(OCCC2CC2)cc1Br. The van der Waals surface area contributed by atoms with E-state index < -0.39 is 0 Å². The van der Waals surface area contributed by atoms with Crippen LogP contribution in [0.1, 0.15) is 24.8 Å². The molecular weight excluding hydrogens is 286 g/mol. The van der Waals surface area contributed by atoms with Gasteiger partial charge in [0.25, 0.3) is 0 Å². The maximum atomic E-state index is 5.66. The summed E-state index contributed by atoms with van der Waals surface area (Å²) >= 11 is 8.36. The molecule has 0 radical (unpaired) electrons. The quantitative estimate of drug-likeness (QED) is 0.848. The summed E-state index contributed by atoms with van der Waals surface area (Å²) in [4.78, 5) is 0.399. The number of benzene rings is 1. The molecule has 0 saturated heterocycles. The highest BCUT2D eigenvalue weighted by Crippen LogP contribution is 2.32. The molecule has 1 aromatic carbocycles. The summed E-state index contributed by atoms with van der Waals surface area (Å²) in [6, 6.07) is 5.71. The van der Waals surface area contributed by atoms with Crippen molar-refractivity contribution >= 4 is 33.1 Å². The number of nitrogens with two attached hydrogens (primary N) is 1. The van der Waals surface area contributed by atoms with Gasteiger partial charge in [0.1, 0.15) is 10.7 Å². The molecule has 1 aromatic rings. The fraction of sp³-hybridized carbons (Fsp3) is 0.417. The largest absolute Gasteiger partial charge is 0.494 e. The standard InChI is InChI=1S/C12H14BrNOS/c13-11-7-9(3-4-10(11)12(14)16)15-6-5-8-1-2-8/h3-4,7-8H,1-2,5-6H2,(H2,14,16). The maximum Gasteiger partial charge on any atom is 0.120 e. The molecule has 2 rings (SSSR count). The molecule has 0 atom stereocenters.